The van der Waals surface area contributed by atoms with Gasteiger partial charge in [0.1, 0.15) is 5.82 Å². The molecule has 0 unspecified atom stereocenters. The minimum absolute atomic E-state index is 0.0106. The smallest absolute Gasteiger partial charge is 0.338 e. The summed E-state index contributed by atoms with van der Waals surface area (Å²) >= 11 is 0. The lowest BCUT2D eigenvalue weighted by Gasteiger charge is -2.17. The first kappa shape index (κ1) is 21.9. The Labute approximate surface area is 188 Å². The molecule has 166 valence electrons. The molecule has 1 N–H and O–H groups in total. The molecule has 3 aromatic rings. The second-order valence-electron chi connectivity index (χ2n) is 7.60. The molecule has 7 nitrogen and oxygen atoms in total. The summed E-state index contributed by atoms with van der Waals surface area (Å²) in [5, 5.41) is 2.31. The summed E-state index contributed by atoms with van der Waals surface area (Å²) < 4.78 is 18.6. The third-order valence-corrected chi connectivity index (χ3v) is 5.21. The van der Waals surface area contributed by atoms with Gasteiger partial charge in [0.05, 0.1) is 28.1 Å². The Bertz CT molecular complexity index is 1320. The number of anilines is 2. The molecule has 0 aliphatic carbocycles. The van der Waals surface area contributed by atoms with Crippen LogP contribution >= 0.6 is 0 Å². The maximum Gasteiger partial charge on any atom is 0.338 e. The lowest BCUT2D eigenvalue weighted by atomic mass is 10.1. The number of ether oxygens (including phenoxy) is 1. The highest BCUT2D eigenvalue weighted by molar-refractivity contribution is 6.35. The summed E-state index contributed by atoms with van der Waals surface area (Å²) in [5.41, 5.74) is 2.36. The fourth-order valence-electron chi connectivity index (χ4n) is 3.51. The number of imide groups is 1. The topological polar surface area (TPSA) is 92.8 Å². The summed E-state index contributed by atoms with van der Waals surface area (Å²) in [6.07, 6.45) is 0. The number of para-hydroxylation sites is 1. The largest absolute Gasteiger partial charge is 0.452 e. The van der Waals surface area contributed by atoms with Crippen LogP contribution in [-0.4, -0.2) is 30.3 Å². The van der Waals surface area contributed by atoms with Gasteiger partial charge in [0.2, 0.25) is 0 Å². The van der Waals surface area contributed by atoms with Gasteiger partial charge in [-0.15, -0.1) is 0 Å². The molecule has 0 radical (unpaired) electrons. The summed E-state index contributed by atoms with van der Waals surface area (Å²) in [6, 6.07) is 15.1. The van der Waals surface area contributed by atoms with Crippen molar-refractivity contribution in [2.45, 2.75) is 13.8 Å². The predicted octanol–water partition coefficient (Wildman–Crippen LogP) is 4.04. The first-order valence-electron chi connectivity index (χ1n) is 10.1. The summed E-state index contributed by atoms with van der Waals surface area (Å²) in [4.78, 5) is 51.4. The number of halogens is 1. The summed E-state index contributed by atoms with van der Waals surface area (Å²) in [5.74, 6) is -3.22. The lowest BCUT2D eigenvalue weighted by molar-refractivity contribution is -0.119. The molecule has 0 spiro atoms. The van der Waals surface area contributed by atoms with Crippen LogP contribution in [0.4, 0.5) is 15.8 Å². The fourth-order valence-corrected chi connectivity index (χ4v) is 3.51. The van der Waals surface area contributed by atoms with Crippen LogP contribution in [0.2, 0.25) is 0 Å². The van der Waals surface area contributed by atoms with Crippen LogP contribution in [0.3, 0.4) is 0 Å². The van der Waals surface area contributed by atoms with Crippen molar-refractivity contribution >= 4 is 35.1 Å². The Morgan fingerprint density at radius 2 is 1.67 bits per heavy atom. The van der Waals surface area contributed by atoms with Gasteiger partial charge >= 0.3 is 5.97 Å². The number of carbonyl (C=O) groups is 4. The standard InChI is InChI=1S/C25H19FN2O5/c1-14-7-8-15(2)21(11-14)28-23(30)17-10-9-16(12-18(17)24(28)31)25(32)33-13-22(29)27-20-6-4-3-5-19(20)26/h3-12H,13H2,1-2H3,(H,27,29). The zero-order chi connectivity index (χ0) is 23.7. The molecule has 3 amide bonds. The highest BCUT2D eigenvalue weighted by atomic mass is 19.1. The van der Waals surface area contributed by atoms with Crippen molar-refractivity contribution < 1.29 is 28.3 Å². The average molecular weight is 446 g/mol. The molecular formula is C25H19FN2O5. The second-order valence-corrected chi connectivity index (χ2v) is 7.60. The van der Waals surface area contributed by atoms with Crippen molar-refractivity contribution in [2.75, 3.05) is 16.8 Å². The van der Waals surface area contributed by atoms with E-state index in [1.807, 2.05) is 19.1 Å². The van der Waals surface area contributed by atoms with E-state index in [1.165, 1.54) is 36.4 Å². The van der Waals surface area contributed by atoms with E-state index in [0.29, 0.717) is 5.69 Å². The number of hydrogen-bond donors (Lipinski definition) is 1. The number of aryl methyl sites for hydroxylation is 2. The molecule has 33 heavy (non-hydrogen) atoms. The van der Waals surface area contributed by atoms with Gasteiger partial charge in [0, 0.05) is 0 Å². The third kappa shape index (κ3) is 4.23. The van der Waals surface area contributed by atoms with Crippen LogP contribution in [0.15, 0.2) is 60.7 Å². The van der Waals surface area contributed by atoms with Crippen LogP contribution in [0.1, 0.15) is 42.2 Å². The van der Waals surface area contributed by atoms with Crippen molar-refractivity contribution in [3.8, 4) is 0 Å². The number of benzene rings is 3. The van der Waals surface area contributed by atoms with Crippen LogP contribution in [0.5, 0.6) is 0 Å². The van der Waals surface area contributed by atoms with E-state index in [0.717, 1.165) is 16.0 Å². The van der Waals surface area contributed by atoms with Crippen molar-refractivity contribution in [2.24, 2.45) is 0 Å². The SMILES string of the molecule is Cc1ccc(C)c(N2C(=O)c3ccc(C(=O)OCC(=O)Nc4ccccc4F)cc3C2=O)c1. The van der Waals surface area contributed by atoms with Crippen molar-refractivity contribution in [3.05, 3.63) is 94.3 Å². The lowest BCUT2D eigenvalue weighted by Crippen LogP contribution is -2.30. The average Bonchev–Trinajstić information content (AvgIpc) is 3.05. The van der Waals surface area contributed by atoms with Gasteiger partial charge in [-0.3, -0.25) is 14.4 Å². The minimum Gasteiger partial charge on any atom is -0.452 e. The fraction of sp³-hybridized carbons (Fsp3) is 0.120. The highest BCUT2D eigenvalue weighted by Gasteiger charge is 2.38. The number of nitrogens with one attached hydrogen (secondary N) is 1. The zero-order valence-corrected chi connectivity index (χ0v) is 17.8. The molecule has 1 aliphatic heterocycles. The molecule has 0 fully saturated rings. The molecule has 0 aromatic heterocycles. The van der Waals surface area contributed by atoms with Crippen molar-refractivity contribution in [1.29, 1.82) is 0 Å². The Kier molecular flexibility index (Phi) is 5.74. The van der Waals surface area contributed by atoms with Gasteiger partial charge in [-0.05, 0) is 61.4 Å². The van der Waals surface area contributed by atoms with Crippen LogP contribution in [0, 0.1) is 19.7 Å². The van der Waals surface area contributed by atoms with E-state index < -0.39 is 36.1 Å². The Hall–Kier alpha value is -4.33. The minimum atomic E-state index is -0.855. The van der Waals surface area contributed by atoms with E-state index in [2.05, 4.69) is 5.32 Å². The number of hydrogen-bond acceptors (Lipinski definition) is 5. The van der Waals surface area contributed by atoms with Crippen molar-refractivity contribution in [1.82, 2.24) is 0 Å². The first-order valence-corrected chi connectivity index (χ1v) is 10.1. The van der Waals surface area contributed by atoms with E-state index in [-0.39, 0.29) is 22.4 Å². The molecule has 1 heterocycles. The van der Waals surface area contributed by atoms with E-state index in [1.54, 1.807) is 19.1 Å². The van der Waals surface area contributed by atoms with E-state index >= 15 is 0 Å². The zero-order valence-electron chi connectivity index (χ0n) is 17.8. The van der Waals surface area contributed by atoms with E-state index in [9.17, 15) is 23.6 Å². The quantitative estimate of drug-likeness (QED) is 0.472. The molecule has 4 rings (SSSR count). The molecule has 0 saturated heterocycles. The molecule has 0 bridgehead atoms. The predicted molar refractivity (Wildman–Crippen MR) is 119 cm³/mol. The Balaban J connectivity index is 1.48. The highest BCUT2D eigenvalue weighted by Crippen LogP contribution is 2.31. The molecule has 0 atom stereocenters. The maximum atomic E-state index is 13.6. The number of amides is 3. The van der Waals surface area contributed by atoms with E-state index in [4.69, 9.17) is 4.74 Å². The van der Waals surface area contributed by atoms with Gasteiger partial charge in [-0.2, -0.15) is 0 Å². The first-order chi connectivity index (χ1) is 15.8. The number of esters is 1. The van der Waals surface area contributed by atoms with Gasteiger partial charge in [0.25, 0.3) is 17.7 Å². The number of nitrogens with zero attached hydrogens (tertiary/aromatic N) is 1. The molecule has 8 heteroatoms. The number of rotatable bonds is 5. The normalized spacial score (nSPS) is 12.5. The third-order valence-electron chi connectivity index (χ3n) is 5.21. The maximum absolute atomic E-state index is 13.6. The van der Waals surface area contributed by atoms with Crippen LogP contribution in [-0.2, 0) is 9.53 Å². The molecular weight excluding hydrogens is 427 g/mol. The van der Waals surface area contributed by atoms with Gasteiger partial charge < -0.3 is 10.1 Å². The number of carbonyl (C=O) groups excluding carboxylic acids is 4. The molecule has 1 aliphatic rings. The Morgan fingerprint density at radius 1 is 0.939 bits per heavy atom. The van der Waals surface area contributed by atoms with Gasteiger partial charge in [-0.1, -0.05) is 24.3 Å². The van der Waals surface area contributed by atoms with Gasteiger partial charge in [0.15, 0.2) is 6.61 Å². The van der Waals surface area contributed by atoms with Crippen LogP contribution < -0.4 is 10.2 Å². The van der Waals surface area contributed by atoms with Crippen molar-refractivity contribution in [3.63, 3.8) is 0 Å². The molecule has 3 aromatic carbocycles. The van der Waals surface area contributed by atoms with Crippen LogP contribution in [0.25, 0.3) is 0 Å². The number of fused-ring (bicyclic) bond motifs is 1. The monoisotopic (exact) mass is 446 g/mol. The van der Waals surface area contributed by atoms with Gasteiger partial charge in [-0.25, -0.2) is 14.1 Å². The second kappa shape index (κ2) is 8.66. The molecule has 0 saturated carbocycles. The summed E-state index contributed by atoms with van der Waals surface area (Å²) in [7, 11) is 0. The Morgan fingerprint density at radius 3 is 2.42 bits per heavy atom. The summed E-state index contributed by atoms with van der Waals surface area (Å²) in [6.45, 7) is 3.01.